The molecule has 2 aromatic carbocycles. The van der Waals surface area contributed by atoms with Gasteiger partial charge in [-0.3, -0.25) is 14.9 Å². The molecule has 0 radical (unpaired) electrons. The standard InChI is InChI=1S/C24H23N5O4/c1-29(13-21(30)28-23-26-14-25-15-27-23)11-10-16(12-29)33-22(31)24(32)19-8-4-2-6-17(19)18-7-3-5-9-20(18)24/h2-9,14-16H,10-13H2,1H3,(H,25,26,27,28,30)/t16-,29?/m1/s1. The number of amides is 1. The molecular formula is C24H23N5O4. The number of nitrogens with one attached hydrogen (secondary N) is 1. The molecule has 1 aliphatic carbocycles. The number of quaternary nitrogens is 1. The minimum atomic E-state index is -2.10. The van der Waals surface area contributed by atoms with Crippen LogP contribution in [0.25, 0.3) is 11.1 Å². The predicted octanol–water partition coefficient (Wildman–Crippen LogP) is 0.857. The zero-order valence-electron chi connectivity index (χ0n) is 18.1. The van der Waals surface area contributed by atoms with Gasteiger partial charge in [0, 0.05) is 12.0 Å². The second-order valence-corrected chi connectivity index (χ2v) is 8.78. The number of likely N-dealkylation sites (N-methyl/N-ethyl adjacent to an activating group) is 1. The zero-order chi connectivity index (χ0) is 23.1. The summed E-state index contributed by atoms with van der Waals surface area (Å²) in [5, 5.41) is 16.7. The van der Waals surface area contributed by atoms with Crippen LogP contribution >= 0.6 is 0 Å². The van der Waals surface area contributed by atoms with Crippen LogP contribution in [-0.2, 0) is 19.9 Å². The van der Waals surface area contributed by atoms with Gasteiger partial charge in [0.2, 0.25) is 5.95 Å². The molecule has 0 saturated carbocycles. The van der Waals surface area contributed by atoms with E-state index < -0.39 is 17.7 Å². The molecule has 2 aliphatic rings. The molecule has 1 N–H and O–H groups in total. The van der Waals surface area contributed by atoms with Crippen molar-refractivity contribution in [2.45, 2.75) is 18.1 Å². The Hall–Kier alpha value is -3.69. The van der Waals surface area contributed by atoms with E-state index in [0.29, 0.717) is 35.1 Å². The van der Waals surface area contributed by atoms with Gasteiger partial charge in [-0.1, -0.05) is 48.5 Å². The van der Waals surface area contributed by atoms with E-state index >= 15 is 0 Å². The average molecular weight is 445 g/mol. The Kier molecular flexibility index (Phi) is 5.15. The fourth-order valence-electron chi connectivity index (χ4n) is 4.83. The van der Waals surface area contributed by atoms with Crippen molar-refractivity contribution in [1.82, 2.24) is 15.0 Å². The lowest BCUT2D eigenvalue weighted by atomic mass is 9.91. The van der Waals surface area contributed by atoms with Gasteiger partial charge in [0.1, 0.15) is 19.2 Å². The van der Waals surface area contributed by atoms with E-state index in [2.05, 4.69) is 20.3 Å². The molecule has 2 atom stereocenters. The number of carbonyl (C=O) groups excluding carboxylic acids is 2. The highest BCUT2D eigenvalue weighted by molar-refractivity contribution is 5.95. The first-order valence-corrected chi connectivity index (χ1v) is 10.8. The third-order valence-corrected chi connectivity index (χ3v) is 6.37. The first kappa shape index (κ1) is 21.2. The molecule has 168 valence electrons. The number of hydrogen-bond acceptors (Lipinski definition) is 7. The highest BCUT2D eigenvalue weighted by Gasteiger charge is 2.44. The molecule has 2 heterocycles. The Labute approximate surface area is 190 Å². The summed E-state index contributed by atoms with van der Waals surface area (Å²) in [6.07, 6.45) is 2.74. The van der Waals surface area contributed by atoms with Gasteiger partial charge in [-0.2, -0.15) is 0 Å². The average Bonchev–Trinajstić information content (AvgIpc) is 3.30. The van der Waals surface area contributed by atoms with Gasteiger partial charge < -0.3 is 14.3 Å². The maximum absolute atomic E-state index is 14.0. The number of fused-ring (bicyclic) bond motifs is 3. The van der Waals surface area contributed by atoms with Crippen LogP contribution in [-0.4, -0.2) is 64.1 Å². The normalized spacial score (nSPS) is 22.3. The fraction of sp³-hybridized carbons (Fsp3) is 0.292. The Morgan fingerprint density at radius 1 is 1.09 bits per heavy atom. The third-order valence-electron chi connectivity index (χ3n) is 6.37. The van der Waals surface area contributed by atoms with Crippen molar-refractivity contribution in [2.75, 3.05) is 32.0 Å². The number of likely N-dealkylation sites (tertiary alicyclic amines) is 1. The van der Waals surface area contributed by atoms with E-state index in [1.807, 2.05) is 31.3 Å². The summed E-state index contributed by atoms with van der Waals surface area (Å²) >= 11 is 0. The molecule has 33 heavy (non-hydrogen) atoms. The topological polar surface area (TPSA) is 117 Å². The van der Waals surface area contributed by atoms with Crippen LogP contribution in [0.3, 0.4) is 0 Å². The number of benzene rings is 2. The van der Waals surface area contributed by atoms with Crippen LogP contribution in [0, 0.1) is 0 Å². The summed E-state index contributed by atoms with van der Waals surface area (Å²) in [5.74, 6) is -0.849. The van der Waals surface area contributed by atoms with Gasteiger partial charge in [-0.05, 0) is 22.3 Å². The lowest BCUT2D eigenvalue weighted by Gasteiger charge is -2.36. The highest BCUT2D eigenvalue weighted by Crippen LogP contribution is 2.46. The van der Waals surface area contributed by atoms with Gasteiger partial charge in [0.25, 0.3) is 5.91 Å². The number of rotatable bonds is 5. The van der Waals surface area contributed by atoms with E-state index in [1.54, 1.807) is 24.3 Å². The van der Waals surface area contributed by atoms with Crippen LogP contribution in [0.4, 0.5) is 5.95 Å². The maximum atomic E-state index is 14.0. The monoisotopic (exact) mass is 445 g/mol. The minimum absolute atomic E-state index is 0.175. The summed E-state index contributed by atoms with van der Waals surface area (Å²) in [6, 6.07) is 14.3. The first-order chi connectivity index (χ1) is 15.9. The highest BCUT2D eigenvalue weighted by atomic mass is 16.6. The SMILES string of the molecule is C[N+]1(CC(=O)Nc2ncncn2)CC[C@@H](OC(=O)C2([O-])c3ccccc3-c3ccccc32)C1. The number of esters is 1. The number of nitrogens with zero attached hydrogens (tertiary/aromatic N) is 4. The molecule has 1 amide bonds. The van der Waals surface area contributed by atoms with Gasteiger partial charge in [0.15, 0.2) is 12.6 Å². The Morgan fingerprint density at radius 3 is 2.33 bits per heavy atom. The molecule has 5 rings (SSSR count). The molecule has 3 aromatic rings. The van der Waals surface area contributed by atoms with Gasteiger partial charge in [-0.15, -0.1) is 0 Å². The molecule has 1 unspecified atom stereocenters. The second-order valence-electron chi connectivity index (χ2n) is 8.78. The number of ether oxygens (including phenoxy) is 1. The number of hydrogen-bond donors (Lipinski definition) is 1. The summed E-state index contributed by atoms with van der Waals surface area (Å²) < 4.78 is 6.16. The maximum Gasteiger partial charge on any atom is 0.304 e. The van der Waals surface area contributed by atoms with Crippen molar-refractivity contribution in [3.63, 3.8) is 0 Å². The first-order valence-electron chi connectivity index (χ1n) is 10.8. The quantitative estimate of drug-likeness (QED) is 0.457. The van der Waals surface area contributed by atoms with Crippen LogP contribution in [0.1, 0.15) is 17.5 Å². The van der Waals surface area contributed by atoms with Crippen molar-refractivity contribution < 1.29 is 23.9 Å². The molecule has 0 spiro atoms. The summed E-state index contributed by atoms with van der Waals surface area (Å²) in [6.45, 7) is 1.26. The van der Waals surface area contributed by atoms with Gasteiger partial charge in [-0.25, -0.2) is 15.0 Å². The predicted molar refractivity (Wildman–Crippen MR) is 116 cm³/mol. The smallest absolute Gasteiger partial charge is 0.304 e. The van der Waals surface area contributed by atoms with Gasteiger partial charge in [0.05, 0.1) is 13.6 Å². The fourth-order valence-corrected chi connectivity index (χ4v) is 4.83. The molecule has 1 aliphatic heterocycles. The van der Waals surface area contributed by atoms with Crippen molar-refractivity contribution in [1.29, 1.82) is 0 Å². The molecule has 1 aromatic heterocycles. The lowest BCUT2D eigenvalue weighted by Crippen LogP contribution is -2.51. The Morgan fingerprint density at radius 2 is 1.70 bits per heavy atom. The van der Waals surface area contributed by atoms with E-state index in [9.17, 15) is 14.7 Å². The van der Waals surface area contributed by atoms with Crippen molar-refractivity contribution in [3.05, 3.63) is 72.3 Å². The summed E-state index contributed by atoms with van der Waals surface area (Å²) in [4.78, 5) is 37.2. The Bertz CT molecular complexity index is 1170. The molecule has 0 bridgehead atoms. The summed E-state index contributed by atoms with van der Waals surface area (Å²) in [5.41, 5.74) is 0.269. The van der Waals surface area contributed by atoms with Crippen molar-refractivity contribution >= 4 is 17.8 Å². The lowest BCUT2D eigenvalue weighted by molar-refractivity contribution is -0.890. The Balaban J connectivity index is 1.29. The van der Waals surface area contributed by atoms with Crippen LogP contribution in [0.5, 0.6) is 0 Å². The second kappa shape index (κ2) is 8.02. The largest absolute Gasteiger partial charge is 0.834 e. The van der Waals surface area contributed by atoms with E-state index in [-0.39, 0.29) is 18.4 Å². The van der Waals surface area contributed by atoms with Crippen molar-refractivity contribution in [2.24, 2.45) is 0 Å². The van der Waals surface area contributed by atoms with Crippen LogP contribution in [0.2, 0.25) is 0 Å². The zero-order valence-corrected chi connectivity index (χ0v) is 18.1. The van der Waals surface area contributed by atoms with E-state index in [1.165, 1.54) is 12.7 Å². The van der Waals surface area contributed by atoms with Crippen LogP contribution in [0.15, 0.2) is 61.2 Å². The number of aromatic nitrogens is 3. The van der Waals surface area contributed by atoms with Gasteiger partial charge >= 0.3 is 5.97 Å². The number of carbonyl (C=O) groups is 2. The van der Waals surface area contributed by atoms with E-state index in [0.717, 1.165) is 11.1 Å². The van der Waals surface area contributed by atoms with Crippen molar-refractivity contribution in [3.8, 4) is 11.1 Å². The van der Waals surface area contributed by atoms with Crippen LogP contribution < -0.4 is 10.4 Å². The molecular weight excluding hydrogens is 422 g/mol. The number of anilines is 1. The molecule has 9 nitrogen and oxygen atoms in total. The summed E-state index contributed by atoms with van der Waals surface area (Å²) in [7, 11) is 1.92. The molecule has 9 heteroatoms. The van der Waals surface area contributed by atoms with E-state index in [4.69, 9.17) is 4.74 Å². The molecule has 1 saturated heterocycles. The third kappa shape index (κ3) is 3.75. The minimum Gasteiger partial charge on any atom is -0.834 e. The molecule has 1 fully saturated rings.